The molecule has 2 N–H and O–H groups in total. The summed E-state index contributed by atoms with van der Waals surface area (Å²) >= 11 is 0. The van der Waals surface area contributed by atoms with Crippen molar-refractivity contribution in [3.05, 3.63) is 47.8 Å². The first-order chi connectivity index (χ1) is 9.02. The molecule has 5 heteroatoms. The molecule has 0 spiro atoms. The van der Waals surface area contributed by atoms with Gasteiger partial charge in [0.15, 0.2) is 5.92 Å². The Balaban J connectivity index is 2.37. The first kappa shape index (κ1) is 13.1. The average molecular weight is 260 g/mol. The molecule has 0 aliphatic carbocycles. The van der Waals surface area contributed by atoms with Gasteiger partial charge in [-0.2, -0.15) is 0 Å². The number of methoxy groups -OCH3 is 1. The van der Waals surface area contributed by atoms with E-state index in [1.165, 1.54) is 7.11 Å². The highest BCUT2D eigenvalue weighted by atomic mass is 16.5. The first-order valence-electron chi connectivity index (χ1n) is 5.93. The van der Waals surface area contributed by atoms with Crippen LogP contribution in [0.2, 0.25) is 0 Å². The molecule has 0 radical (unpaired) electrons. The van der Waals surface area contributed by atoms with Crippen LogP contribution in [0.3, 0.4) is 0 Å². The van der Waals surface area contributed by atoms with Crippen LogP contribution in [-0.2, 0) is 14.3 Å². The van der Waals surface area contributed by atoms with Crippen molar-refractivity contribution < 1.29 is 14.3 Å². The molecule has 2 atom stereocenters. The normalized spacial score (nSPS) is 22.4. The number of ether oxygens (including phenoxy) is 1. The largest absolute Gasteiger partial charge is 0.468 e. The average Bonchev–Trinajstić information content (AvgIpc) is 2.38. The lowest BCUT2D eigenvalue weighted by Crippen LogP contribution is -2.51. The van der Waals surface area contributed by atoms with Gasteiger partial charge in [-0.15, -0.1) is 0 Å². The van der Waals surface area contributed by atoms with Gasteiger partial charge in [0.2, 0.25) is 5.91 Å². The van der Waals surface area contributed by atoms with Gasteiger partial charge < -0.3 is 15.4 Å². The third kappa shape index (κ3) is 2.59. The van der Waals surface area contributed by atoms with Gasteiger partial charge in [-0.25, -0.2) is 0 Å². The van der Waals surface area contributed by atoms with E-state index < -0.39 is 23.8 Å². The second-order valence-corrected chi connectivity index (χ2v) is 4.50. The molecule has 0 saturated carbocycles. The van der Waals surface area contributed by atoms with Crippen molar-refractivity contribution in [1.82, 2.24) is 10.6 Å². The summed E-state index contributed by atoms with van der Waals surface area (Å²) in [4.78, 5) is 23.7. The molecule has 2 unspecified atom stereocenters. The van der Waals surface area contributed by atoms with Gasteiger partial charge in [0.1, 0.15) is 0 Å². The van der Waals surface area contributed by atoms with E-state index >= 15 is 0 Å². The Bertz CT molecular complexity index is 522. The Kier molecular flexibility index (Phi) is 3.55. The van der Waals surface area contributed by atoms with E-state index in [4.69, 9.17) is 4.74 Å². The number of hydrogen-bond acceptors (Lipinski definition) is 4. The minimum atomic E-state index is -0.918. The van der Waals surface area contributed by atoms with Crippen molar-refractivity contribution in [1.29, 1.82) is 0 Å². The predicted molar refractivity (Wildman–Crippen MR) is 69.8 cm³/mol. The number of hydrogen-bond donors (Lipinski definition) is 2. The van der Waals surface area contributed by atoms with Gasteiger partial charge in [0, 0.05) is 0 Å². The molecule has 1 aliphatic heterocycles. The number of benzene rings is 1. The molecule has 1 heterocycles. The van der Waals surface area contributed by atoms with Gasteiger partial charge in [-0.05, 0) is 12.5 Å². The number of nitrogens with one attached hydrogen (secondary N) is 2. The van der Waals surface area contributed by atoms with Crippen LogP contribution < -0.4 is 10.6 Å². The van der Waals surface area contributed by atoms with E-state index in [2.05, 4.69) is 17.2 Å². The third-order valence-electron chi connectivity index (χ3n) is 3.11. The van der Waals surface area contributed by atoms with Gasteiger partial charge in [-0.3, -0.25) is 9.59 Å². The van der Waals surface area contributed by atoms with Crippen LogP contribution in [0, 0.1) is 12.8 Å². The highest BCUT2D eigenvalue weighted by Gasteiger charge is 2.40. The van der Waals surface area contributed by atoms with E-state index in [1.54, 1.807) is 0 Å². The minimum Gasteiger partial charge on any atom is -0.468 e. The van der Waals surface area contributed by atoms with E-state index in [0.29, 0.717) is 5.82 Å². The van der Waals surface area contributed by atoms with Crippen molar-refractivity contribution >= 4 is 11.9 Å². The van der Waals surface area contributed by atoms with Crippen LogP contribution in [0.25, 0.3) is 0 Å². The summed E-state index contributed by atoms with van der Waals surface area (Å²) in [5, 5.41) is 5.53. The Labute approximate surface area is 111 Å². The molecule has 1 aliphatic rings. The third-order valence-corrected chi connectivity index (χ3v) is 3.11. The molecule has 1 fully saturated rings. The lowest BCUT2D eigenvalue weighted by Gasteiger charge is -2.32. The predicted octanol–water partition coefficient (Wildman–Crippen LogP) is 1.02. The molecule has 2 rings (SSSR count). The summed E-state index contributed by atoms with van der Waals surface area (Å²) in [5.41, 5.74) is 1.95. The van der Waals surface area contributed by atoms with Crippen LogP contribution in [0.4, 0.5) is 0 Å². The van der Waals surface area contributed by atoms with Gasteiger partial charge in [-0.1, -0.05) is 36.4 Å². The van der Waals surface area contributed by atoms with Crippen molar-refractivity contribution in [2.75, 3.05) is 7.11 Å². The SMILES string of the molecule is C=C1NC(=O)C(C(=O)OC)C(c2ccc(C)cc2)N1. The maximum Gasteiger partial charge on any atom is 0.320 e. The van der Waals surface area contributed by atoms with Crippen molar-refractivity contribution in [3.8, 4) is 0 Å². The zero-order valence-electron chi connectivity index (χ0n) is 10.9. The smallest absolute Gasteiger partial charge is 0.320 e. The summed E-state index contributed by atoms with van der Waals surface area (Å²) < 4.78 is 4.70. The molecule has 1 saturated heterocycles. The molecule has 1 aromatic carbocycles. The van der Waals surface area contributed by atoms with Crippen molar-refractivity contribution in [2.24, 2.45) is 5.92 Å². The molecule has 0 aromatic heterocycles. The zero-order valence-corrected chi connectivity index (χ0v) is 10.9. The molecule has 1 amide bonds. The number of esters is 1. The number of amides is 1. The number of carbonyl (C=O) groups is 2. The van der Waals surface area contributed by atoms with Gasteiger partial charge >= 0.3 is 5.97 Å². The van der Waals surface area contributed by atoms with E-state index in [1.807, 2.05) is 31.2 Å². The molecule has 0 bridgehead atoms. The first-order valence-corrected chi connectivity index (χ1v) is 5.93. The summed E-state index contributed by atoms with van der Waals surface area (Å²) in [6.45, 7) is 5.66. The van der Waals surface area contributed by atoms with Crippen LogP contribution in [0.1, 0.15) is 17.2 Å². The second kappa shape index (κ2) is 5.14. The monoisotopic (exact) mass is 260 g/mol. The number of carbonyl (C=O) groups excluding carboxylic acids is 2. The molecule has 1 aromatic rings. The minimum absolute atomic E-state index is 0.385. The van der Waals surface area contributed by atoms with Crippen molar-refractivity contribution in [2.45, 2.75) is 13.0 Å². The summed E-state index contributed by atoms with van der Waals surface area (Å²) in [5.74, 6) is -1.50. The molecule has 5 nitrogen and oxygen atoms in total. The van der Waals surface area contributed by atoms with Gasteiger partial charge in [0.05, 0.1) is 19.0 Å². The Morgan fingerprint density at radius 2 is 1.95 bits per heavy atom. The molecular formula is C14H16N2O3. The van der Waals surface area contributed by atoms with E-state index in [-0.39, 0.29) is 0 Å². The maximum atomic E-state index is 11.9. The summed E-state index contributed by atoms with van der Waals surface area (Å²) in [6.07, 6.45) is 0. The summed E-state index contributed by atoms with van der Waals surface area (Å²) in [7, 11) is 1.27. The molecular weight excluding hydrogens is 244 g/mol. The fourth-order valence-electron chi connectivity index (χ4n) is 2.10. The van der Waals surface area contributed by atoms with E-state index in [9.17, 15) is 9.59 Å². The van der Waals surface area contributed by atoms with Crippen molar-refractivity contribution in [3.63, 3.8) is 0 Å². The maximum absolute atomic E-state index is 11.9. The Morgan fingerprint density at radius 3 is 2.53 bits per heavy atom. The summed E-state index contributed by atoms with van der Waals surface area (Å²) in [6, 6.07) is 7.17. The van der Waals surface area contributed by atoms with Crippen LogP contribution >= 0.6 is 0 Å². The molecule has 100 valence electrons. The van der Waals surface area contributed by atoms with Crippen LogP contribution in [0.15, 0.2) is 36.7 Å². The lowest BCUT2D eigenvalue weighted by molar-refractivity contribution is -0.152. The topological polar surface area (TPSA) is 67.4 Å². The standard InChI is InChI=1S/C14H16N2O3/c1-8-4-6-10(7-5-8)12-11(14(18)19-3)13(17)16-9(2)15-12/h4-7,11-12,15H,2H2,1,3H3,(H,16,17). The molecule has 19 heavy (non-hydrogen) atoms. The number of aryl methyl sites for hydroxylation is 1. The fraction of sp³-hybridized carbons (Fsp3) is 0.286. The second-order valence-electron chi connectivity index (χ2n) is 4.50. The zero-order chi connectivity index (χ0) is 14.0. The van der Waals surface area contributed by atoms with Crippen LogP contribution in [-0.4, -0.2) is 19.0 Å². The highest BCUT2D eigenvalue weighted by molar-refractivity contribution is 6.00. The van der Waals surface area contributed by atoms with Gasteiger partial charge in [0.25, 0.3) is 0 Å². The number of rotatable bonds is 2. The highest BCUT2D eigenvalue weighted by Crippen LogP contribution is 2.27. The quantitative estimate of drug-likeness (QED) is 0.615. The lowest BCUT2D eigenvalue weighted by atomic mass is 9.90. The Hall–Kier alpha value is -2.30. The van der Waals surface area contributed by atoms with E-state index in [0.717, 1.165) is 11.1 Å². The fourth-order valence-corrected chi connectivity index (χ4v) is 2.10. The van der Waals surface area contributed by atoms with Crippen LogP contribution in [0.5, 0.6) is 0 Å². The Morgan fingerprint density at radius 1 is 1.32 bits per heavy atom.